The number of carbonyl (C=O) groups is 2. The van der Waals surface area contributed by atoms with Gasteiger partial charge in [-0.05, 0) is 57.4 Å². The molecule has 30 heavy (non-hydrogen) atoms. The van der Waals surface area contributed by atoms with Crippen LogP contribution >= 0.6 is 0 Å². The third-order valence-electron chi connectivity index (χ3n) is 4.05. The summed E-state index contributed by atoms with van der Waals surface area (Å²) in [6, 6.07) is 4.57. The number of carbonyl (C=O) groups excluding carboxylic acids is 1. The van der Waals surface area contributed by atoms with Crippen molar-refractivity contribution >= 4 is 26.8 Å². The summed E-state index contributed by atoms with van der Waals surface area (Å²) in [5.74, 6) is -2.56. The molecule has 0 atom stereocenters. The predicted molar refractivity (Wildman–Crippen MR) is 113 cm³/mol. The lowest BCUT2D eigenvalue weighted by Gasteiger charge is -2.28. The van der Waals surface area contributed by atoms with Crippen LogP contribution in [0.1, 0.15) is 52.0 Å². The maximum atomic E-state index is 14.0. The molecule has 0 heterocycles. The summed E-state index contributed by atoms with van der Waals surface area (Å²) in [6.07, 6.45) is 4.46. The fourth-order valence-corrected chi connectivity index (χ4v) is 5.52. The second kappa shape index (κ2) is 14.0. The first-order valence-electron chi connectivity index (χ1n) is 10.2. The van der Waals surface area contributed by atoms with E-state index in [2.05, 4.69) is 0 Å². The highest BCUT2D eigenvalue weighted by Gasteiger charge is 2.39. The van der Waals surface area contributed by atoms with Crippen LogP contribution in [-0.4, -0.2) is 45.7 Å². The molecule has 0 radical (unpaired) electrons. The van der Waals surface area contributed by atoms with Crippen LogP contribution < -0.4 is 4.74 Å². The molecule has 0 aromatic heterocycles. The van der Waals surface area contributed by atoms with Crippen molar-refractivity contribution in [1.82, 2.24) is 0 Å². The molecular weight excluding hydrogens is 411 g/mol. The summed E-state index contributed by atoms with van der Waals surface area (Å²) in [4.78, 5) is 22.5. The zero-order valence-corrected chi connectivity index (χ0v) is 18.8. The SMILES string of the molecule is CCO[Si](CCCCCC(=O)Oc1ccc(/C=C/C(=O)O)cc1F)(OCC)OCC. The standard InChI is InChI=1S/C21H31FO7Si/c1-4-26-30(27-5-2,28-6-3)15-9-7-8-10-21(25)29-19-13-11-17(16-18(19)22)12-14-20(23)24/h11-14,16H,4-10,15H2,1-3H3,(H,23,24)/b14-12+. The van der Waals surface area contributed by atoms with Gasteiger partial charge in [0.15, 0.2) is 11.6 Å². The van der Waals surface area contributed by atoms with E-state index < -0.39 is 26.6 Å². The largest absolute Gasteiger partial charge is 0.500 e. The Bertz CT molecular complexity index is 692. The van der Waals surface area contributed by atoms with Crippen molar-refractivity contribution in [2.45, 2.75) is 52.5 Å². The Kier molecular flexibility index (Phi) is 12.1. The number of halogens is 1. The van der Waals surface area contributed by atoms with Crippen LogP contribution in [0.2, 0.25) is 6.04 Å². The molecule has 0 fully saturated rings. The number of unbranched alkanes of at least 4 members (excludes halogenated alkanes) is 2. The quantitative estimate of drug-likeness (QED) is 0.141. The summed E-state index contributed by atoms with van der Waals surface area (Å²) in [5, 5.41) is 8.59. The van der Waals surface area contributed by atoms with Gasteiger partial charge in [-0.3, -0.25) is 4.79 Å². The minimum absolute atomic E-state index is 0.159. The number of benzene rings is 1. The van der Waals surface area contributed by atoms with E-state index in [0.717, 1.165) is 25.0 Å². The number of hydrogen-bond donors (Lipinski definition) is 1. The molecule has 1 aromatic carbocycles. The summed E-state index contributed by atoms with van der Waals surface area (Å²) in [5.41, 5.74) is 0.361. The van der Waals surface area contributed by atoms with E-state index >= 15 is 0 Å². The highest BCUT2D eigenvalue weighted by molar-refractivity contribution is 6.60. The van der Waals surface area contributed by atoms with Crippen molar-refractivity contribution < 1.29 is 37.1 Å². The van der Waals surface area contributed by atoms with Gasteiger partial charge in [-0.2, -0.15) is 0 Å². The molecule has 0 aliphatic carbocycles. The Balaban J connectivity index is 2.45. The van der Waals surface area contributed by atoms with Gasteiger partial charge in [0.2, 0.25) is 0 Å². The minimum Gasteiger partial charge on any atom is -0.478 e. The van der Waals surface area contributed by atoms with Crippen molar-refractivity contribution in [3.8, 4) is 5.75 Å². The Hall–Kier alpha value is -2.07. The molecule has 0 saturated heterocycles. The maximum Gasteiger partial charge on any atom is 0.500 e. The van der Waals surface area contributed by atoms with E-state index in [9.17, 15) is 14.0 Å². The number of ether oxygens (including phenoxy) is 1. The van der Waals surface area contributed by atoms with Crippen LogP contribution in [0.25, 0.3) is 6.08 Å². The van der Waals surface area contributed by atoms with Gasteiger partial charge >= 0.3 is 20.7 Å². The minimum atomic E-state index is -2.67. The number of aliphatic carboxylic acids is 1. The van der Waals surface area contributed by atoms with Gasteiger partial charge in [-0.15, -0.1) is 0 Å². The second-order valence-electron chi connectivity index (χ2n) is 6.38. The molecule has 168 valence electrons. The molecule has 0 unspecified atom stereocenters. The fraction of sp³-hybridized carbons (Fsp3) is 0.524. The van der Waals surface area contributed by atoms with E-state index in [1.54, 1.807) is 0 Å². The zero-order chi connectivity index (χ0) is 22.4. The molecule has 9 heteroatoms. The smallest absolute Gasteiger partial charge is 0.478 e. The molecule has 0 spiro atoms. The van der Waals surface area contributed by atoms with E-state index in [0.29, 0.717) is 37.8 Å². The third kappa shape index (κ3) is 9.62. The number of hydrogen-bond acceptors (Lipinski definition) is 6. The van der Waals surface area contributed by atoms with Crippen molar-refractivity contribution in [3.05, 3.63) is 35.7 Å². The Morgan fingerprint density at radius 3 is 2.20 bits per heavy atom. The van der Waals surface area contributed by atoms with E-state index in [4.69, 9.17) is 23.1 Å². The van der Waals surface area contributed by atoms with Gasteiger partial charge in [0, 0.05) is 38.4 Å². The van der Waals surface area contributed by atoms with Gasteiger partial charge in [-0.25, -0.2) is 9.18 Å². The average molecular weight is 443 g/mol. The summed E-state index contributed by atoms with van der Waals surface area (Å²) in [7, 11) is -2.67. The molecule has 0 bridgehead atoms. The first kappa shape index (κ1) is 26.0. The van der Waals surface area contributed by atoms with Crippen LogP contribution in [0.4, 0.5) is 4.39 Å². The van der Waals surface area contributed by atoms with E-state index in [1.165, 1.54) is 18.2 Å². The fourth-order valence-electron chi connectivity index (χ4n) is 2.83. The van der Waals surface area contributed by atoms with Gasteiger partial charge in [0.25, 0.3) is 0 Å². The topological polar surface area (TPSA) is 91.3 Å². The average Bonchev–Trinajstić information content (AvgIpc) is 2.68. The zero-order valence-electron chi connectivity index (χ0n) is 17.8. The first-order chi connectivity index (χ1) is 14.4. The lowest BCUT2D eigenvalue weighted by Crippen LogP contribution is -2.45. The molecule has 0 amide bonds. The van der Waals surface area contributed by atoms with Gasteiger partial charge in [-0.1, -0.05) is 12.5 Å². The van der Waals surface area contributed by atoms with Crippen LogP contribution in [0.3, 0.4) is 0 Å². The van der Waals surface area contributed by atoms with Crippen molar-refractivity contribution in [2.24, 2.45) is 0 Å². The normalized spacial score (nSPS) is 11.7. The van der Waals surface area contributed by atoms with Gasteiger partial charge in [0.05, 0.1) is 0 Å². The highest BCUT2D eigenvalue weighted by Crippen LogP contribution is 2.22. The molecule has 0 aliphatic heterocycles. The number of carboxylic acid groups (broad SMARTS) is 1. The van der Waals surface area contributed by atoms with Gasteiger partial charge in [0.1, 0.15) is 0 Å². The van der Waals surface area contributed by atoms with Gasteiger partial charge < -0.3 is 23.1 Å². The highest BCUT2D eigenvalue weighted by atomic mass is 28.4. The monoisotopic (exact) mass is 442 g/mol. The third-order valence-corrected chi connectivity index (χ3v) is 7.21. The summed E-state index contributed by atoms with van der Waals surface area (Å²) >= 11 is 0. The van der Waals surface area contributed by atoms with Crippen molar-refractivity contribution in [3.63, 3.8) is 0 Å². The van der Waals surface area contributed by atoms with E-state index in [1.807, 2.05) is 20.8 Å². The number of rotatable bonds is 15. The summed E-state index contributed by atoms with van der Waals surface area (Å²) < 4.78 is 36.5. The summed E-state index contributed by atoms with van der Waals surface area (Å²) in [6.45, 7) is 7.29. The molecule has 1 N–H and O–H groups in total. The lowest BCUT2D eigenvalue weighted by atomic mass is 10.2. The number of esters is 1. The van der Waals surface area contributed by atoms with Crippen LogP contribution in [-0.2, 0) is 22.9 Å². The Labute approximate surface area is 178 Å². The van der Waals surface area contributed by atoms with Crippen molar-refractivity contribution in [2.75, 3.05) is 19.8 Å². The number of carboxylic acids is 1. The second-order valence-corrected chi connectivity index (χ2v) is 9.11. The molecule has 0 aliphatic rings. The van der Waals surface area contributed by atoms with Crippen LogP contribution in [0.15, 0.2) is 24.3 Å². The Morgan fingerprint density at radius 1 is 1.03 bits per heavy atom. The predicted octanol–water partition coefficient (Wildman–Crippen LogP) is 4.44. The molecule has 1 rings (SSSR count). The lowest BCUT2D eigenvalue weighted by molar-refractivity contribution is -0.135. The molecule has 1 aromatic rings. The molecule has 0 saturated carbocycles. The first-order valence-corrected chi connectivity index (χ1v) is 12.1. The van der Waals surface area contributed by atoms with E-state index in [-0.39, 0.29) is 12.2 Å². The van der Waals surface area contributed by atoms with Crippen LogP contribution in [0.5, 0.6) is 5.75 Å². The Morgan fingerprint density at radius 2 is 1.67 bits per heavy atom. The molecule has 7 nitrogen and oxygen atoms in total. The maximum absolute atomic E-state index is 14.0. The van der Waals surface area contributed by atoms with Crippen LogP contribution in [0, 0.1) is 5.82 Å². The molecular formula is C21H31FO7Si. The van der Waals surface area contributed by atoms with Crippen molar-refractivity contribution in [1.29, 1.82) is 0 Å².